The summed E-state index contributed by atoms with van der Waals surface area (Å²) < 4.78 is 0. The van der Waals surface area contributed by atoms with Crippen LogP contribution in [-0.4, -0.2) is 19.6 Å². The van der Waals surface area contributed by atoms with Gasteiger partial charge in [-0.2, -0.15) is 0 Å². The molecule has 2 heteroatoms. The van der Waals surface area contributed by atoms with Gasteiger partial charge in [0.15, 0.2) is 0 Å². The van der Waals surface area contributed by atoms with E-state index >= 15 is 0 Å². The van der Waals surface area contributed by atoms with Crippen molar-refractivity contribution in [2.75, 3.05) is 18.5 Å². The summed E-state index contributed by atoms with van der Waals surface area (Å²) in [6, 6.07) is 10.3. The van der Waals surface area contributed by atoms with Crippen molar-refractivity contribution in [3.63, 3.8) is 0 Å². The molecule has 2 rings (SSSR count). The van der Waals surface area contributed by atoms with Gasteiger partial charge in [-0.05, 0) is 50.9 Å². The minimum absolute atomic E-state index is 0.434. The molecule has 1 N–H and O–H groups in total. The van der Waals surface area contributed by atoms with E-state index in [1.165, 1.54) is 43.5 Å². The highest BCUT2D eigenvalue weighted by molar-refractivity contribution is 5.50. The van der Waals surface area contributed by atoms with Gasteiger partial charge in [0, 0.05) is 24.3 Å². The minimum Gasteiger partial charge on any atom is -0.369 e. The Bertz CT molecular complexity index is 354. The lowest BCUT2D eigenvalue weighted by molar-refractivity contribution is 0.652. The summed E-state index contributed by atoms with van der Waals surface area (Å²) in [7, 11) is 2.01. The molecule has 1 atom stereocenters. The second kappa shape index (κ2) is 6.24. The highest BCUT2D eigenvalue weighted by atomic mass is 15.2. The van der Waals surface area contributed by atoms with Gasteiger partial charge in [0.2, 0.25) is 0 Å². The Hall–Kier alpha value is -1.02. The van der Waals surface area contributed by atoms with Crippen molar-refractivity contribution in [1.29, 1.82) is 0 Å². The molecule has 0 amide bonds. The smallest absolute Gasteiger partial charge is 0.0368 e. The highest BCUT2D eigenvalue weighted by Gasteiger charge is 2.28. The van der Waals surface area contributed by atoms with Crippen LogP contribution in [0.25, 0.3) is 0 Å². The van der Waals surface area contributed by atoms with Crippen LogP contribution < -0.4 is 10.2 Å². The average Bonchev–Trinajstić information content (AvgIpc) is 3.24. The van der Waals surface area contributed by atoms with Gasteiger partial charge in [-0.15, -0.1) is 0 Å². The molecule has 0 aliphatic heterocycles. The first-order valence-corrected chi connectivity index (χ1v) is 7.30. The Balaban J connectivity index is 2.05. The summed E-state index contributed by atoms with van der Waals surface area (Å²) in [5, 5.41) is 3.29. The van der Waals surface area contributed by atoms with Crippen molar-refractivity contribution in [3.8, 4) is 0 Å². The van der Waals surface area contributed by atoms with Crippen LogP contribution in [0.2, 0.25) is 0 Å². The average molecular weight is 246 g/mol. The maximum atomic E-state index is 3.29. The van der Waals surface area contributed by atoms with E-state index < -0.39 is 0 Å². The molecule has 1 fully saturated rings. The van der Waals surface area contributed by atoms with Crippen molar-refractivity contribution in [2.45, 2.75) is 51.6 Å². The summed E-state index contributed by atoms with van der Waals surface area (Å²) in [6.07, 6.45) is 5.32. The highest BCUT2D eigenvalue weighted by Crippen LogP contribution is 2.32. The Morgan fingerprint density at radius 3 is 2.44 bits per heavy atom. The molecule has 0 aromatic heterocycles. The normalized spacial score (nSPS) is 16.6. The predicted octanol–water partition coefficient (Wildman–Crippen LogP) is 3.74. The summed E-state index contributed by atoms with van der Waals surface area (Å²) in [4.78, 5) is 2.59. The first-order valence-electron chi connectivity index (χ1n) is 7.30. The lowest BCUT2D eigenvalue weighted by atomic mass is 10.1. The van der Waals surface area contributed by atoms with E-state index in [-0.39, 0.29) is 0 Å². The van der Waals surface area contributed by atoms with Gasteiger partial charge in [-0.25, -0.2) is 0 Å². The first kappa shape index (κ1) is 13.4. The Morgan fingerprint density at radius 1 is 1.28 bits per heavy atom. The van der Waals surface area contributed by atoms with Gasteiger partial charge < -0.3 is 10.2 Å². The van der Waals surface area contributed by atoms with Crippen LogP contribution in [0, 0.1) is 0 Å². The molecule has 18 heavy (non-hydrogen) atoms. The standard InChI is InChI=1S/C16H26N2/c1-4-5-12-18(16-10-11-16)15-8-6-14(7-9-15)13(2)17-3/h6-9,13,16-17H,4-5,10-12H2,1-3H3. The minimum atomic E-state index is 0.434. The molecule has 0 radical (unpaired) electrons. The van der Waals surface area contributed by atoms with Gasteiger partial charge in [0.25, 0.3) is 0 Å². The van der Waals surface area contributed by atoms with Gasteiger partial charge >= 0.3 is 0 Å². The molecule has 0 saturated heterocycles. The van der Waals surface area contributed by atoms with E-state index in [0.29, 0.717) is 6.04 Å². The van der Waals surface area contributed by atoms with Crippen LogP contribution in [0.15, 0.2) is 24.3 Å². The number of rotatable bonds is 7. The summed E-state index contributed by atoms with van der Waals surface area (Å²) in [6.45, 7) is 5.68. The Kier molecular flexibility index (Phi) is 4.65. The topological polar surface area (TPSA) is 15.3 Å². The van der Waals surface area contributed by atoms with E-state index in [1.807, 2.05) is 7.05 Å². The fourth-order valence-corrected chi connectivity index (χ4v) is 2.36. The molecule has 1 aliphatic rings. The molecule has 1 unspecified atom stereocenters. The number of nitrogens with one attached hydrogen (secondary N) is 1. The number of hydrogen-bond acceptors (Lipinski definition) is 2. The van der Waals surface area contributed by atoms with Crippen LogP contribution in [0.4, 0.5) is 5.69 Å². The van der Waals surface area contributed by atoms with Crippen molar-refractivity contribution in [2.24, 2.45) is 0 Å². The zero-order chi connectivity index (χ0) is 13.0. The number of anilines is 1. The lowest BCUT2D eigenvalue weighted by Crippen LogP contribution is -2.26. The van der Waals surface area contributed by atoms with E-state index in [1.54, 1.807) is 0 Å². The van der Waals surface area contributed by atoms with Gasteiger partial charge in [-0.1, -0.05) is 25.5 Å². The third-order valence-electron chi connectivity index (χ3n) is 3.90. The second-order valence-corrected chi connectivity index (χ2v) is 5.38. The number of hydrogen-bond donors (Lipinski definition) is 1. The number of benzene rings is 1. The lowest BCUT2D eigenvalue weighted by Gasteiger charge is -2.25. The van der Waals surface area contributed by atoms with E-state index in [4.69, 9.17) is 0 Å². The molecule has 1 aromatic rings. The van der Waals surface area contributed by atoms with Gasteiger partial charge in [0.1, 0.15) is 0 Å². The molecule has 1 aliphatic carbocycles. The third-order valence-corrected chi connectivity index (χ3v) is 3.90. The second-order valence-electron chi connectivity index (χ2n) is 5.38. The molecule has 0 bridgehead atoms. The molecular formula is C16H26N2. The first-order chi connectivity index (χ1) is 8.76. The molecule has 0 heterocycles. The van der Waals surface area contributed by atoms with Gasteiger partial charge in [-0.3, -0.25) is 0 Å². The van der Waals surface area contributed by atoms with Crippen LogP contribution >= 0.6 is 0 Å². The molecule has 2 nitrogen and oxygen atoms in total. The SMILES string of the molecule is CCCCN(c1ccc(C(C)NC)cc1)C1CC1. The molecule has 100 valence electrons. The zero-order valence-electron chi connectivity index (χ0n) is 11.9. The summed E-state index contributed by atoms with van der Waals surface area (Å²) in [5.74, 6) is 0. The Morgan fingerprint density at radius 2 is 1.94 bits per heavy atom. The summed E-state index contributed by atoms with van der Waals surface area (Å²) >= 11 is 0. The maximum Gasteiger partial charge on any atom is 0.0368 e. The van der Waals surface area contributed by atoms with Crippen molar-refractivity contribution >= 4 is 5.69 Å². The van der Waals surface area contributed by atoms with E-state index in [2.05, 4.69) is 48.3 Å². The quantitative estimate of drug-likeness (QED) is 0.788. The molecule has 1 aromatic carbocycles. The van der Waals surface area contributed by atoms with Crippen molar-refractivity contribution in [1.82, 2.24) is 5.32 Å². The van der Waals surface area contributed by atoms with E-state index in [9.17, 15) is 0 Å². The fraction of sp³-hybridized carbons (Fsp3) is 0.625. The molecule has 0 spiro atoms. The fourth-order valence-electron chi connectivity index (χ4n) is 2.36. The molecular weight excluding hydrogens is 220 g/mol. The van der Waals surface area contributed by atoms with Crippen molar-refractivity contribution < 1.29 is 0 Å². The number of nitrogens with zero attached hydrogens (tertiary/aromatic N) is 1. The Labute approximate surface area is 111 Å². The van der Waals surface area contributed by atoms with Crippen LogP contribution in [-0.2, 0) is 0 Å². The maximum absolute atomic E-state index is 3.29. The van der Waals surface area contributed by atoms with Gasteiger partial charge in [0.05, 0.1) is 0 Å². The molecule has 1 saturated carbocycles. The predicted molar refractivity (Wildman–Crippen MR) is 79.2 cm³/mol. The van der Waals surface area contributed by atoms with Crippen LogP contribution in [0.5, 0.6) is 0 Å². The van der Waals surface area contributed by atoms with Crippen LogP contribution in [0.3, 0.4) is 0 Å². The third kappa shape index (κ3) is 3.26. The largest absolute Gasteiger partial charge is 0.369 e. The number of unbranched alkanes of at least 4 members (excludes halogenated alkanes) is 1. The zero-order valence-corrected chi connectivity index (χ0v) is 11.9. The monoisotopic (exact) mass is 246 g/mol. The van der Waals surface area contributed by atoms with Crippen LogP contribution in [0.1, 0.15) is 51.1 Å². The van der Waals surface area contributed by atoms with E-state index in [0.717, 1.165) is 6.04 Å². The van der Waals surface area contributed by atoms with Crippen molar-refractivity contribution in [3.05, 3.63) is 29.8 Å². The summed E-state index contributed by atoms with van der Waals surface area (Å²) in [5.41, 5.74) is 2.77.